The maximum Gasteiger partial charge on any atom is 0.106 e. The van der Waals surface area contributed by atoms with E-state index in [0.717, 1.165) is 34.9 Å². The summed E-state index contributed by atoms with van der Waals surface area (Å²) in [4.78, 5) is 6.88. The Balaban J connectivity index is 0.00000181. The lowest BCUT2D eigenvalue weighted by Crippen LogP contribution is -3.00. The lowest BCUT2D eigenvalue weighted by atomic mass is 10.0. The van der Waals surface area contributed by atoms with Gasteiger partial charge >= 0.3 is 0 Å². The van der Waals surface area contributed by atoms with Crippen molar-refractivity contribution < 1.29 is 56.9 Å². The van der Waals surface area contributed by atoms with Crippen molar-refractivity contribution in [2.45, 2.75) is 25.9 Å². The van der Waals surface area contributed by atoms with E-state index < -0.39 is 0 Å². The lowest BCUT2D eigenvalue weighted by Gasteiger charge is -2.23. The highest BCUT2D eigenvalue weighted by Crippen LogP contribution is 2.25. The molecule has 0 radical (unpaired) electrons. The van der Waals surface area contributed by atoms with Gasteiger partial charge in [0, 0.05) is 45.3 Å². The lowest BCUT2D eigenvalue weighted by molar-refractivity contribution is -0.883. The molecule has 4 rings (SSSR count). The van der Waals surface area contributed by atoms with Gasteiger partial charge in [-0.1, -0.05) is 12.1 Å². The molecule has 0 saturated carbocycles. The van der Waals surface area contributed by atoms with E-state index in [4.69, 9.17) is 0 Å². The van der Waals surface area contributed by atoms with Crippen molar-refractivity contribution in [2.75, 3.05) is 42.3 Å². The molecular formula is C26H36I2N4. The van der Waals surface area contributed by atoms with Gasteiger partial charge in [0.05, 0.1) is 42.3 Å². The first-order chi connectivity index (χ1) is 14.1. The highest BCUT2D eigenvalue weighted by molar-refractivity contribution is 5.84. The van der Waals surface area contributed by atoms with Crippen LogP contribution in [0.1, 0.15) is 22.3 Å². The standard InChI is InChI=1S/C26H36N4.2HI/c1-29(2,3)17-21-15-27-25-11-9-19(13-23(21)25)7-8-20-10-12-26-24(14-20)22(16-28-26)18-30(4,5)6;;/h9-16,27-28H,7-8,17-18H2,1-6H3;2*1H/q+2;;/p-2. The number of fused-ring (bicyclic) bond motifs is 2. The number of nitrogens with one attached hydrogen (secondary N) is 2. The molecule has 4 aromatic rings. The predicted molar refractivity (Wildman–Crippen MR) is 127 cm³/mol. The summed E-state index contributed by atoms with van der Waals surface area (Å²) in [5.74, 6) is 0. The average molecular weight is 658 g/mol. The topological polar surface area (TPSA) is 31.6 Å². The zero-order valence-corrected chi connectivity index (χ0v) is 24.4. The van der Waals surface area contributed by atoms with Crippen LogP contribution < -0.4 is 48.0 Å². The summed E-state index contributed by atoms with van der Waals surface area (Å²) in [6, 6.07) is 13.8. The van der Waals surface area contributed by atoms with Gasteiger partial charge in [-0.15, -0.1) is 0 Å². The van der Waals surface area contributed by atoms with E-state index in [9.17, 15) is 0 Å². The summed E-state index contributed by atoms with van der Waals surface area (Å²) in [6.07, 6.45) is 6.47. The normalized spacial score (nSPS) is 12.1. The quantitative estimate of drug-likeness (QED) is 0.186. The van der Waals surface area contributed by atoms with Crippen LogP contribution in [0.4, 0.5) is 0 Å². The summed E-state index contributed by atoms with van der Waals surface area (Å²) >= 11 is 0. The highest BCUT2D eigenvalue weighted by Gasteiger charge is 2.15. The minimum Gasteiger partial charge on any atom is -1.00 e. The molecule has 0 bridgehead atoms. The van der Waals surface area contributed by atoms with Crippen LogP contribution in [0.5, 0.6) is 0 Å². The molecule has 0 fully saturated rings. The third kappa shape index (κ3) is 6.71. The maximum atomic E-state index is 3.44. The van der Waals surface area contributed by atoms with E-state index >= 15 is 0 Å². The van der Waals surface area contributed by atoms with Gasteiger partial charge in [-0.2, -0.15) is 0 Å². The van der Waals surface area contributed by atoms with Crippen molar-refractivity contribution in [2.24, 2.45) is 0 Å². The average Bonchev–Trinajstić information content (AvgIpc) is 3.21. The van der Waals surface area contributed by atoms with Crippen molar-refractivity contribution in [3.05, 3.63) is 71.0 Å². The molecule has 0 amide bonds. The van der Waals surface area contributed by atoms with Crippen LogP contribution in [-0.4, -0.2) is 61.2 Å². The molecule has 2 heterocycles. The van der Waals surface area contributed by atoms with Crippen LogP contribution in [0, 0.1) is 0 Å². The number of hydrogen-bond donors (Lipinski definition) is 2. The van der Waals surface area contributed by atoms with Gasteiger partial charge in [0.2, 0.25) is 0 Å². The van der Waals surface area contributed by atoms with Gasteiger partial charge in [-0.25, -0.2) is 0 Å². The fraction of sp³-hybridized carbons (Fsp3) is 0.385. The Morgan fingerprint density at radius 1 is 0.594 bits per heavy atom. The first kappa shape index (κ1) is 27.1. The number of H-pyrrole nitrogens is 2. The predicted octanol–water partition coefficient (Wildman–Crippen LogP) is -1.15. The van der Waals surface area contributed by atoms with Crippen molar-refractivity contribution >= 4 is 21.8 Å². The number of aromatic amines is 2. The molecule has 0 saturated heterocycles. The van der Waals surface area contributed by atoms with E-state index in [-0.39, 0.29) is 48.0 Å². The molecule has 32 heavy (non-hydrogen) atoms. The molecule has 6 heteroatoms. The summed E-state index contributed by atoms with van der Waals surface area (Å²) in [6.45, 7) is 2.06. The Labute approximate surface area is 226 Å². The zero-order valence-electron chi connectivity index (χ0n) is 20.1. The third-order valence-corrected chi connectivity index (χ3v) is 5.66. The smallest absolute Gasteiger partial charge is 0.106 e. The van der Waals surface area contributed by atoms with Crippen LogP contribution in [0.25, 0.3) is 21.8 Å². The largest absolute Gasteiger partial charge is 1.00 e. The van der Waals surface area contributed by atoms with Crippen LogP contribution in [0.15, 0.2) is 48.8 Å². The van der Waals surface area contributed by atoms with Crippen LogP contribution >= 0.6 is 0 Å². The minimum atomic E-state index is 0. The summed E-state index contributed by atoms with van der Waals surface area (Å²) in [7, 11) is 13.5. The number of halogens is 2. The van der Waals surface area contributed by atoms with Crippen LogP contribution in [0.2, 0.25) is 0 Å². The van der Waals surface area contributed by atoms with Gasteiger partial charge in [-0.05, 0) is 48.2 Å². The number of nitrogens with zero attached hydrogens (tertiary/aromatic N) is 2. The molecular weight excluding hydrogens is 622 g/mol. The number of aromatic nitrogens is 2. The second-order valence-electron chi connectivity index (χ2n) is 10.8. The first-order valence-corrected chi connectivity index (χ1v) is 10.9. The Bertz CT molecular complexity index is 1080. The van der Waals surface area contributed by atoms with Crippen molar-refractivity contribution in [1.29, 1.82) is 0 Å². The van der Waals surface area contributed by atoms with Gasteiger partial charge in [-0.3, -0.25) is 0 Å². The van der Waals surface area contributed by atoms with Gasteiger partial charge < -0.3 is 66.9 Å². The molecule has 0 aliphatic rings. The third-order valence-electron chi connectivity index (χ3n) is 5.66. The molecule has 4 nitrogen and oxygen atoms in total. The summed E-state index contributed by atoms with van der Waals surface area (Å²) in [5, 5.41) is 2.73. The fourth-order valence-electron chi connectivity index (χ4n) is 4.33. The Kier molecular flexibility index (Phi) is 8.86. The Morgan fingerprint density at radius 3 is 1.31 bits per heavy atom. The van der Waals surface area contributed by atoms with E-state index in [2.05, 4.69) is 101 Å². The Morgan fingerprint density at radius 2 is 0.969 bits per heavy atom. The maximum absolute atomic E-state index is 3.44. The van der Waals surface area contributed by atoms with Crippen molar-refractivity contribution in [1.82, 2.24) is 9.97 Å². The summed E-state index contributed by atoms with van der Waals surface area (Å²) in [5.41, 5.74) is 8.09. The molecule has 0 spiro atoms. The minimum absolute atomic E-state index is 0. The summed E-state index contributed by atoms with van der Waals surface area (Å²) < 4.78 is 1.87. The fourth-order valence-corrected chi connectivity index (χ4v) is 4.33. The van der Waals surface area contributed by atoms with Crippen molar-refractivity contribution in [3.8, 4) is 0 Å². The van der Waals surface area contributed by atoms with Gasteiger partial charge in [0.1, 0.15) is 13.1 Å². The van der Waals surface area contributed by atoms with E-state index in [1.807, 2.05) is 0 Å². The number of hydrogen-bond acceptors (Lipinski definition) is 0. The second-order valence-corrected chi connectivity index (χ2v) is 10.8. The Hall–Kier alpha value is -1.10. The SMILES string of the molecule is C[N+](C)(C)Cc1c[nH]c2ccc(CCc3ccc4[nH]cc(C[N+](C)(C)C)c4c3)cc12.[I-].[I-]. The van der Waals surface area contributed by atoms with Crippen LogP contribution in [0.3, 0.4) is 0 Å². The first-order valence-electron chi connectivity index (χ1n) is 10.9. The molecule has 174 valence electrons. The van der Waals surface area contributed by atoms with Crippen LogP contribution in [-0.2, 0) is 25.9 Å². The number of aryl methyl sites for hydroxylation is 2. The number of benzene rings is 2. The molecule has 0 unspecified atom stereocenters. The molecule has 2 aromatic heterocycles. The zero-order chi connectivity index (χ0) is 21.5. The van der Waals surface area contributed by atoms with E-state index in [0.29, 0.717) is 0 Å². The molecule has 2 aromatic carbocycles. The number of quaternary nitrogens is 2. The van der Waals surface area contributed by atoms with Gasteiger partial charge in [0.25, 0.3) is 0 Å². The number of rotatable bonds is 7. The van der Waals surface area contributed by atoms with E-state index in [1.54, 1.807) is 0 Å². The monoisotopic (exact) mass is 658 g/mol. The molecule has 2 N–H and O–H groups in total. The molecule has 0 atom stereocenters. The van der Waals surface area contributed by atoms with Gasteiger partial charge in [0.15, 0.2) is 0 Å². The van der Waals surface area contributed by atoms with Crippen molar-refractivity contribution in [3.63, 3.8) is 0 Å². The second kappa shape index (κ2) is 10.4. The van der Waals surface area contributed by atoms with E-state index in [1.165, 1.54) is 44.1 Å². The highest BCUT2D eigenvalue weighted by atomic mass is 127. The molecule has 0 aliphatic heterocycles. The molecule has 0 aliphatic carbocycles.